The van der Waals surface area contributed by atoms with Crippen LogP contribution in [0.2, 0.25) is 5.02 Å². The number of ether oxygens (including phenoxy) is 3. The number of hydrogen-bond donors (Lipinski definition) is 1. The fourth-order valence-electron chi connectivity index (χ4n) is 3.41. The van der Waals surface area contributed by atoms with E-state index in [0.29, 0.717) is 53.2 Å². The number of carbonyl (C=O) groups excluding carboxylic acids is 2. The third kappa shape index (κ3) is 3.45. The molecule has 0 saturated heterocycles. The first kappa shape index (κ1) is 17.7. The van der Waals surface area contributed by atoms with Crippen molar-refractivity contribution < 1.29 is 23.8 Å². The van der Waals surface area contributed by atoms with Gasteiger partial charge in [-0.2, -0.15) is 0 Å². The first-order valence-electron chi connectivity index (χ1n) is 8.71. The third-order valence-electron chi connectivity index (χ3n) is 4.60. The number of ketones is 1. The highest BCUT2D eigenvalue weighted by atomic mass is 35.5. The predicted octanol–water partition coefficient (Wildman–Crippen LogP) is 3.82. The van der Waals surface area contributed by atoms with Crippen molar-refractivity contribution in [2.24, 2.45) is 0 Å². The zero-order valence-corrected chi connectivity index (χ0v) is 15.5. The van der Waals surface area contributed by atoms with Gasteiger partial charge in [0, 0.05) is 23.2 Å². The fourth-order valence-corrected chi connectivity index (χ4v) is 3.75. The summed E-state index contributed by atoms with van der Waals surface area (Å²) in [5.74, 6) is 1.34. The molecule has 1 N–H and O–H groups in total. The summed E-state index contributed by atoms with van der Waals surface area (Å²) in [6.45, 7) is 2.72. The molecular formula is C20H18ClNO5. The second-order valence-electron chi connectivity index (χ2n) is 6.56. The predicted molar refractivity (Wildman–Crippen MR) is 100 cm³/mol. The number of nitrogens with one attached hydrogen (secondary N) is 1. The van der Waals surface area contributed by atoms with E-state index in [-0.39, 0.29) is 24.2 Å². The standard InChI is InChI=1S/C20H18ClNO5/c1-11-8-14(23)20-16(5-3-13(21)19(11)20)27-10-18(24)22-12-2-4-15-17(9-12)26-7-6-25-15/h2-5,9,11H,6-8,10H2,1H3,(H,22,24)/t11-/m1/s1. The van der Waals surface area contributed by atoms with Gasteiger partial charge in [-0.1, -0.05) is 18.5 Å². The van der Waals surface area contributed by atoms with Gasteiger partial charge in [0.2, 0.25) is 0 Å². The van der Waals surface area contributed by atoms with Crippen LogP contribution in [0.15, 0.2) is 30.3 Å². The monoisotopic (exact) mass is 387 g/mol. The summed E-state index contributed by atoms with van der Waals surface area (Å²) in [5.41, 5.74) is 1.87. The first-order chi connectivity index (χ1) is 13.0. The molecule has 1 aliphatic carbocycles. The summed E-state index contributed by atoms with van der Waals surface area (Å²) in [6.07, 6.45) is 0.402. The van der Waals surface area contributed by atoms with Gasteiger partial charge in [0.1, 0.15) is 19.0 Å². The average Bonchev–Trinajstić information content (AvgIpc) is 2.96. The number of fused-ring (bicyclic) bond motifs is 2. The van der Waals surface area contributed by atoms with Gasteiger partial charge in [-0.3, -0.25) is 9.59 Å². The van der Waals surface area contributed by atoms with Crippen LogP contribution in [0.3, 0.4) is 0 Å². The first-order valence-corrected chi connectivity index (χ1v) is 9.08. The molecule has 6 nitrogen and oxygen atoms in total. The van der Waals surface area contributed by atoms with Crippen molar-refractivity contribution in [2.75, 3.05) is 25.1 Å². The van der Waals surface area contributed by atoms with Crippen molar-refractivity contribution in [2.45, 2.75) is 19.3 Å². The van der Waals surface area contributed by atoms with Gasteiger partial charge < -0.3 is 19.5 Å². The van der Waals surface area contributed by atoms with Crippen LogP contribution < -0.4 is 19.5 Å². The molecule has 1 atom stereocenters. The molecular weight excluding hydrogens is 370 g/mol. The van der Waals surface area contributed by atoms with Crippen molar-refractivity contribution in [1.82, 2.24) is 0 Å². The summed E-state index contributed by atoms with van der Waals surface area (Å²) < 4.78 is 16.6. The van der Waals surface area contributed by atoms with Crippen LogP contribution in [-0.4, -0.2) is 31.5 Å². The maximum absolute atomic E-state index is 12.3. The summed E-state index contributed by atoms with van der Waals surface area (Å²) in [7, 11) is 0. The molecule has 7 heteroatoms. The minimum absolute atomic E-state index is 0.0118. The van der Waals surface area contributed by atoms with Crippen LogP contribution in [0, 0.1) is 0 Å². The SMILES string of the molecule is C[C@@H]1CC(=O)c2c(OCC(=O)Nc3ccc4c(c3)OCCO4)ccc(Cl)c21. The molecule has 1 heterocycles. The summed E-state index contributed by atoms with van der Waals surface area (Å²) >= 11 is 6.22. The van der Waals surface area contributed by atoms with Crippen molar-refractivity contribution in [3.05, 3.63) is 46.5 Å². The number of halogens is 1. The molecule has 0 aromatic heterocycles. The molecule has 140 valence electrons. The lowest BCUT2D eigenvalue weighted by molar-refractivity contribution is -0.118. The van der Waals surface area contributed by atoms with Crippen molar-refractivity contribution in [3.8, 4) is 17.2 Å². The highest BCUT2D eigenvalue weighted by Gasteiger charge is 2.32. The normalized spacial score (nSPS) is 17.4. The van der Waals surface area contributed by atoms with Crippen molar-refractivity contribution >= 4 is 29.0 Å². The number of anilines is 1. The lowest BCUT2D eigenvalue weighted by atomic mass is 10.0. The molecule has 2 aromatic carbocycles. The van der Waals surface area contributed by atoms with Crippen LogP contribution in [-0.2, 0) is 4.79 Å². The second-order valence-corrected chi connectivity index (χ2v) is 6.97. The smallest absolute Gasteiger partial charge is 0.262 e. The van der Waals surface area contributed by atoms with E-state index in [1.165, 1.54) is 0 Å². The Kier molecular flexibility index (Phi) is 4.66. The second kappa shape index (κ2) is 7.12. The molecule has 1 amide bonds. The van der Waals surface area contributed by atoms with Crippen LogP contribution in [0.4, 0.5) is 5.69 Å². The molecule has 2 aliphatic rings. The molecule has 0 spiro atoms. The summed E-state index contributed by atoms with van der Waals surface area (Å²) in [6, 6.07) is 8.52. The molecule has 0 radical (unpaired) electrons. The molecule has 1 aliphatic heterocycles. The molecule has 0 unspecified atom stereocenters. The van der Waals surface area contributed by atoms with Gasteiger partial charge in [0.15, 0.2) is 23.9 Å². The van der Waals surface area contributed by atoms with Crippen LogP contribution in [0.1, 0.15) is 35.2 Å². The largest absolute Gasteiger partial charge is 0.486 e. The Hall–Kier alpha value is -2.73. The number of amides is 1. The lowest BCUT2D eigenvalue weighted by Crippen LogP contribution is -2.21. The van der Waals surface area contributed by atoms with E-state index in [4.69, 9.17) is 25.8 Å². The minimum Gasteiger partial charge on any atom is -0.486 e. The van der Waals surface area contributed by atoms with Crippen LogP contribution >= 0.6 is 11.6 Å². The van der Waals surface area contributed by atoms with E-state index in [9.17, 15) is 9.59 Å². The van der Waals surface area contributed by atoms with E-state index in [1.54, 1.807) is 30.3 Å². The summed E-state index contributed by atoms with van der Waals surface area (Å²) in [4.78, 5) is 24.5. The van der Waals surface area contributed by atoms with Gasteiger partial charge in [0.25, 0.3) is 5.91 Å². The Morgan fingerprint density at radius 2 is 2.00 bits per heavy atom. The average molecular weight is 388 g/mol. The highest BCUT2D eigenvalue weighted by molar-refractivity contribution is 6.32. The van der Waals surface area contributed by atoms with Gasteiger partial charge in [-0.15, -0.1) is 0 Å². The molecule has 0 saturated carbocycles. The van der Waals surface area contributed by atoms with E-state index in [1.807, 2.05) is 6.92 Å². The number of Topliss-reactive ketones (excluding diaryl/α,β-unsaturated/α-hetero) is 1. The number of carbonyl (C=O) groups is 2. The van der Waals surface area contributed by atoms with E-state index in [0.717, 1.165) is 5.56 Å². The Labute approximate surface area is 161 Å². The van der Waals surface area contributed by atoms with Gasteiger partial charge >= 0.3 is 0 Å². The highest BCUT2D eigenvalue weighted by Crippen LogP contribution is 2.42. The maximum atomic E-state index is 12.3. The van der Waals surface area contributed by atoms with Gasteiger partial charge in [-0.25, -0.2) is 0 Å². The van der Waals surface area contributed by atoms with Crippen molar-refractivity contribution in [1.29, 1.82) is 0 Å². The quantitative estimate of drug-likeness (QED) is 0.863. The number of benzene rings is 2. The van der Waals surface area contributed by atoms with Crippen LogP contribution in [0.5, 0.6) is 17.2 Å². The van der Waals surface area contributed by atoms with Crippen LogP contribution in [0.25, 0.3) is 0 Å². The molecule has 2 aromatic rings. The molecule has 0 fully saturated rings. The number of rotatable bonds is 4. The Morgan fingerprint density at radius 3 is 2.81 bits per heavy atom. The molecule has 0 bridgehead atoms. The Balaban J connectivity index is 1.44. The fraction of sp³-hybridized carbons (Fsp3) is 0.300. The lowest BCUT2D eigenvalue weighted by Gasteiger charge is -2.19. The Morgan fingerprint density at radius 1 is 1.22 bits per heavy atom. The zero-order valence-electron chi connectivity index (χ0n) is 14.7. The maximum Gasteiger partial charge on any atom is 0.262 e. The van der Waals surface area contributed by atoms with Crippen molar-refractivity contribution in [3.63, 3.8) is 0 Å². The van der Waals surface area contributed by atoms with E-state index < -0.39 is 0 Å². The minimum atomic E-state index is -0.339. The Bertz CT molecular complexity index is 927. The number of hydrogen-bond acceptors (Lipinski definition) is 5. The van der Waals surface area contributed by atoms with E-state index >= 15 is 0 Å². The topological polar surface area (TPSA) is 73.9 Å². The summed E-state index contributed by atoms with van der Waals surface area (Å²) in [5, 5.41) is 3.30. The zero-order chi connectivity index (χ0) is 19.0. The van der Waals surface area contributed by atoms with E-state index in [2.05, 4.69) is 5.32 Å². The van der Waals surface area contributed by atoms with Gasteiger partial charge in [0.05, 0.1) is 5.56 Å². The molecule has 4 rings (SSSR count). The third-order valence-corrected chi connectivity index (χ3v) is 4.93. The van der Waals surface area contributed by atoms with Gasteiger partial charge in [-0.05, 0) is 35.7 Å². The molecule has 27 heavy (non-hydrogen) atoms.